The molecule has 0 spiro atoms. The molecule has 0 aliphatic carbocycles. The second kappa shape index (κ2) is 6.65. The molecule has 1 aliphatic rings. The van der Waals surface area contributed by atoms with Crippen LogP contribution in [0.15, 0.2) is 48.5 Å². The zero-order valence-corrected chi connectivity index (χ0v) is 12.9. The van der Waals surface area contributed by atoms with Crippen molar-refractivity contribution >= 4 is 17.3 Å². The van der Waals surface area contributed by atoms with Crippen molar-refractivity contribution in [3.05, 3.63) is 59.7 Å². The summed E-state index contributed by atoms with van der Waals surface area (Å²) in [5.74, 6) is -0.137. The molecule has 114 valence electrons. The van der Waals surface area contributed by atoms with E-state index in [0.29, 0.717) is 19.6 Å². The standard InChI is InChI=1S/C19H21NO2/c1-2-22-19(21)13-14-20-17-9-5-3-7-15(17)11-12-16-8-4-6-10-18(16)20/h3-10H,2,11-14H2,1H3. The second-order valence-electron chi connectivity index (χ2n) is 5.46. The molecule has 22 heavy (non-hydrogen) atoms. The summed E-state index contributed by atoms with van der Waals surface area (Å²) in [5, 5.41) is 0. The molecule has 0 bridgehead atoms. The van der Waals surface area contributed by atoms with E-state index < -0.39 is 0 Å². The Balaban J connectivity index is 1.93. The molecule has 2 aromatic carbocycles. The largest absolute Gasteiger partial charge is 0.466 e. The molecule has 0 N–H and O–H groups in total. The lowest BCUT2D eigenvalue weighted by molar-refractivity contribution is -0.142. The van der Waals surface area contributed by atoms with Crippen molar-refractivity contribution < 1.29 is 9.53 Å². The van der Waals surface area contributed by atoms with Gasteiger partial charge in [0.2, 0.25) is 0 Å². The lowest BCUT2D eigenvalue weighted by Gasteiger charge is -2.26. The van der Waals surface area contributed by atoms with Gasteiger partial charge in [-0.05, 0) is 43.0 Å². The highest BCUT2D eigenvalue weighted by molar-refractivity contribution is 5.74. The number of para-hydroxylation sites is 2. The maximum absolute atomic E-state index is 11.7. The molecule has 0 radical (unpaired) electrons. The van der Waals surface area contributed by atoms with Gasteiger partial charge in [0.25, 0.3) is 0 Å². The number of anilines is 2. The number of rotatable bonds is 4. The normalized spacial score (nSPS) is 13.0. The van der Waals surface area contributed by atoms with Crippen molar-refractivity contribution in [3.8, 4) is 0 Å². The summed E-state index contributed by atoms with van der Waals surface area (Å²) in [7, 11) is 0. The van der Waals surface area contributed by atoms with Gasteiger partial charge in [0.1, 0.15) is 0 Å². The molecule has 0 saturated carbocycles. The van der Waals surface area contributed by atoms with Crippen molar-refractivity contribution in [2.75, 3.05) is 18.1 Å². The van der Waals surface area contributed by atoms with E-state index in [1.54, 1.807) is 0 Å². The highest BCUT2D eigenvalue weighted by Gasteiger charge is 2.20. The van der Waals surface area contributed by atoms with Gasteiger partial charge in [-0.1, -0.05) is 36.4 Å². The van der Waals surface area contributed by atoms with Gasteiger partial charge in [0.05, 0.1) is 13.0 Å². The van der Waals surface area contributed by atoms with Crippen LogP contribution in [0.1, 0.15) is 24.5 Å². The summed E-state index contributed by atoms with van der Waals surface area (Å²) in [6.07, 6.45) is 2.46. The predicted molar refractivity (Wildman–Crippen MR) is 88.5 cm³/mol. The monoisotopic (exact) mass is 295 g/mol. The van der Waals surface area contributed by atoms with Gasteiger partial charge in [-0.3, -0.25) is 4.79 Å². The Hall–Kier alpha value is -2.29. The minimum absolute atomic E-state index is 0.137. The van der Waals surface area contributed by atoms with Gasteiger partial charge in [0.15, 0.2) is 0 Å². The number of hydrogen-bond acceptors (Lipinski definition) is 3. The zero-order chi connectivity index (χ0) is 15.4. The summed E-state index contributed by atoms with van der Waals surface area (Å²) in [6.45, 7) is 2.92. The fourth-order valence-corrected chi connectivity index (χ4v) is 3.05. The molecule has 0 saturated heterocycles. The highest BCUT2D eigenvalue weighted by Crippen LogP contribution is 2.35. The molecular weight excluding hydrogens is 274 g/mol. The first-order chi connectivity index (χ1) is 10.8. The molecule has 0 atom stereocenters. The summed E-state index contributed by atoms with van der Waals surface area (Å²) in [6, 6.07) is 16.9. The number of carbonyl (C=O) groups is 1. The SMILES string of the molecule is CCOC(=O)CCN1c2ccccc2CCc2ccccc21. The summed E-state index contributed by atoms with van der Waals surface area (Å²) < 4.78 is 5.07. The van der Waals surface area contributed by atoms with E-state index in [1.807, 2.05) is 6.92 Å². The quantitative estimate of drug-likeness (QED) is 0.802. The van der Waals surface area contributed by atoms with Crippen LogP contribution < -0.4 is 4.90 Å². The van der Waals surface area contributed by atoms with E-state index in [4.69, 9.17) is 4.74 Å². The molecular formula is C19H21NO2. The number of hydrogen-bond donors (Lipinski definition) is 0. The van der Waals surface area contributed by atoms with E-state index in [-0.39, 0.29) is 5.97 Å². The van der Waals surface area contributed by atoms with Gasteiger partial charge in [-0.25, -0.2) is 0 Å². The molecule has 0 aromatic heterocycles. The predicted octanol–water partition coefficient (Wildman–Crippen LogP) is 3.88. The average Bonchev–Trinajstić information content (AvgIpc) is 2.70. The van der Waals surface area contributed by atoms with Crippen LogP contribution in [0.2, 0.25) is 0 Å². The second-order valence-corrected chi connectivity index (χ2v) is 5.46. The number of fused-ring (bicyclic) bond motifs is 2. The van der Waals surface area contributed by atoms with Crippen LogP contribution in [0, 0.1) is 0 Å². The molecule has 3 rings (SSSR count). The number of nitrogens with zero attached hydrogens (tertiary/aromatic N) is 1. The van der Waals surface area contributed by atoms with Crippen LogP contribution in [0.5, 0.6) is 0 Å². The van der Waals surface area contributed by atoms with E-state index in [1.165, 1.54) is 22.5 Å². The van der Waals surface area contributed by atoms with Gasteiger partial charge < -0.3 is 9.64 Å². The smallest absolute Gasteiger partial charge is 0.307 e. The van der Waals surface area contributed by atoms with E-state index in [2.05, 4.69) is 53.4 Å². The molecule has 1 aliphatic heterocycles. The van der Waals surface area contributed by atoms with Gasteiger partial charge in [-0.15, -0.1) is 0 Å². The average molecular weight is 295 g/mol. The molecule has 3 nitrogen and oxygen atoms in total. The molecule has 0 unspecified atom stereocenters. The number of carbonyl (C=O) groups excluding carboxylic acids is 1. The Bertz CT molecular complexity index is 618. The summed E-state index contributed by atoms with van der Waals surface area (Å²) in [4.78, 5) is 14.0. The first kappa shape index (κ1) is 14.6. The molecule has 3 heteroatoms. The van der Waals surface area contributed by atoms with E-state index in [0.717, 1.165) is 12.8 Å². The topological polar surface area (TPSA) is 29.5 Å². The van der Waals surface area contributed by atoms with Crippen molar-refractivity contribution in [1.82, 2.24) is 0 Å². The third-order valence-corrected chi connectivity index (χ3v) is 4.07. The van der Waals surface area contributed by atoms with Crippen molar-refractivity contribution in [3.63, 3.8) is 0 Å². The third kappa shape index (κ3) is 2.98. The highest BCUT2D eigenvalue weighted by atomic mass is 16.5. The Kier molecular flexibility index (Phi) is 4.42. The van der Waals surface area contributed by atoms with Crippen LogP contribution in [0.25, 0.3) is 0 Å². The number of benzene rings is 2. The Morgan fingerprint density at radius 1 is 1.00 bits per heavy atom. The van der Waals surface area contributed by atoms with Crippen LogP contribution in [0.3, 0.4) is 0 Å². The molecule has 0 fully saturated rings. The van der Waals surface area contributed by atoms with Crippen LogP contribution >= 0.6 is 0 Å². The Morgan fingerprint density at radius 2 is 1.55 bits per heavy atom. The van der Waals surface area contributed by atoms with Gasteiger partial charge in [0, 0.05) is 17.9 Å². The lowest BCUT2D eigenvalue weighted by Crippen LogP contribution is -2.22. The van der Waals surface area contributed by atoms with Crippen molar-refractivity contribution in [1.29, 1.82) is 0 Å². The lowest BCUT2D eigenvalue weighted by atomic mass is 10.0. The first-order valence-corrected chi connectivity index (χ1v) is 7.88. The van der Waals surface area contributed by atoms with Crippen molar-refractivity contribution in [2.45, 2.75) is 26.2 Å². The van der Waals surface area contributed by atoms with Crippen molar-refractivity contribution in [2.24, 2.45) is 0 Å². The van der Waals surface area contributed by atoms with E-state index >= 15 is 0 Å². The fraction of sp³-hybridized carbons (Fsp3) is 0.316. The van der Waals surface area contributed by atoms with Gasteiger partial charge in [-0.2, -0.15) is 0 Å². The molecule has 0 amide bonds. The molecule has 2 aromatic rings. The fourth-order valence-electron chi connectivity index (χ4n) is 3.05. The number of aryl methyl sites for hydroxylation is 2. The Morgan fingerprint density at radius 3 is 2.09 bits per heavy atom. The molecule has 1 heterocycles. The Labute approximate surface area is 131 Å². The van der Waals surface area contributed by atoms with Crippen LogP contribution in [0.4, 0.5) is 11.4 Å². The zero-order valence-electron chi connectivity index (χ0n) is 12.9. The van der Waals surface area contributed by atoms with Gasteiger partial charge >= 0.3 is 5.97 Å². The number of esters is 1. The third-order valence-electron chi connectivity index (χ3n) is 4.07. The van der Waals surface area contributed by atoms with E-state index in [9.17, 15) is 4.79 Å². The summed E-state index contributed by atoms with van der Waals surface area (Å²) in [5.41, 5.74) is 5.08. The minimum atomic E-state index is -0.137. The van der Waals surface area contributed by atoms with Crippen LogP contribution in [-0.2, 0) is 22.4 Å². The van der Waals surface area contributed by atoms with Crippen LogP contribution in [-0.4, -0.2) is 19.1 Å². The minimum Gasteiger partial charge on any atom is -0.466 e. The maximum Gasteiger partial charge on any atom is 0.307 e. The first-order valence-electron chi connectivity index (χ1n) is 7.88. The maximum atomic E-state index is 11.7. The number of ether oxygens (including phenoxy) is 1. The summed E-state index contributed by atoms with van der Waals surface area (Å²) >= 11 is 0.